The summed E-state index contributed by atoms with van der Waals surface area (Å²) in [6.07, 6.45) is 0. The fourth-order valence-electron chi connectivity index (χ4n) is 9.18. The van der Waals surface area contributed by atoms with Crippen molar-refractivity contribution < 1.29 is 4.42 Å². The number of para-hydroxylation sites is 4. The molecule has 2 aromatic heterocycles. The molecule has 59 heavy (non-hydrogen) atoms. The number of nitrogens with zero attached hydrogens (tertiary/aromatic N) is 2. The van der Waals surface area contributed by atoms with Gasteiger partial charge in [-0.1, -0.05) is 152 Å². The monoisotopic (exact) mass is 752 g/mol. The highest BCUT2D eigenvalue weighted by molar-refractivity contribution is 6.14. The topological polar surface area (TPSA) is 21.3 Å². The lowest BCUT2D eigenvalue weighted by molar-refractivity contribution is 0.670. The summed E-state index contributed by atoms with van der Waals surface area (Å²) < 4.78 is 9.22. The standard InChI is InChI=1S/C56H36N2O/c1-2-15-38-32-42(31-30-37(38)14-1)39-18-11-19-43(33-39)57(44-20-12-21-45(36-44)58-53-28-9-5-22-46(53)47-23-6-10-29-54(47)58)52-27-8-7-24-48(52)49-25-13-26-50-51-34-40-16-3-4-17-41(40)35-55(51)59-56(49)50/h1-36H. The summed E-state index contributed by atoms with van der Waals surface area (Å²) in [5, 5.41) is 9.54. The fourth-order valence-corrected chi connectivity index (χ4v) is 9.18. The van der Waals surface area contributed by atoms with Crippen LogP contribution in [0.2, 0.25) is 0 Å². The average Bonchev–Trinajstić information content (AvgIpc) is 3.84. The van der Waals surface area contributed by atoms with Crippen molar-refractivity contribution in [2.75, 3.05) is 4.90 Å². The molecule has 2 heterocycles. The Morgan fingerprint density at radius 1 is 0.356 bits per heavy atom. The van der Waals surface area contributed by atoms with Crippen LogP contribution >= 0.6 is 0 Å². The molecule has 0 amide bonds. The molecule has 10 aromatic carbocycles. The second-order valence-corrected chi connectivity index (χ2v) is 15.3. The summed E-state index contributed by atoms with van der Waals surface area (Å²) >= 11 is 0. The number of furan rings is 1. The largest absolute Gasteiger partial charge is 0.455 e. The molecule has 0 aliphatic heterocycles. The zero-order valence-corrected chi connectivity index (χ0v) is 32.1. The summed E-state index contributed by atoms with van der Waals surface area (Å²) in [5.41, 5.74) is 12.9. The third-order valence-corrected chi connectivity index (χ3v) is 11.9. The first-order chi connectivity index (χ1) is 29.2. The molecule has 0 fully saturated rings. The summed E-state index contributed by atoms with van der Waals surface area (Å²) in [7, 11) is 0. The van der Waals surface area contributed by atoms with Crippen molar-refractivity contribution >= 4 is 82.4 Å². The molecule has 0 saturated carbocycles. The van der Waals surface area contributed by atoms with Gasteiger partial charge in [-0.3, -0.25) is 0 Å². The molecule has 0 spiro atoms. The van der Waals surface area contributed by atoms with E-state index in [2.05, 4.69) is 228 Å². The van der Waals surface area contributed by atoms with Crippen molar-refractivity contribution in [3.8, 4) is 27.9 Å². The zero-order valence-electron chi connectivity index (χ0n) is 32.1. The first kappa shape index (κ1) is 33.3. The van der Waals surface area contributed by atoms with Gasteiger partial charge >= 0.3 is 0 Å². The van der Waals surface area contributed by atoms with Crippen molar-refractivity contribution in [3.05, 3.63) is 218 Å². The van der Waals surface area contributed by atoms with Gasteiger partial charge in [0.15, 0.2) is 0 Å². The van der Waals surface area contributed by atoms with E-state index < -0.39 is 0 Å². The van der Waals surface area contributed by atoms with E-state index in [0.29, 0.717) is 0 Å². The Morgan fingerprint density at radius 3 is 1.73 bits per heavy atom. The minimum absolute atomic E-state index is 0.883. The molecule has 0 saturated heterocycles. The Hall–Kier alpha value is -7.88. The quantitative estimate of drug-likeness (QED) is 0.169. The van der Waals surface area contributed by atoms with Crippen LogP contribution in [0.15, 0.2) is 223 Å². The zero-order chi connectivity index (χ0) is 38.9. The van der Waals surface area contributed by atoms with Crippen LogP contribution in [-0.2, 0) is 0 Å². The van der Waals surface area contributed by atoms with Gasteiger partial charge in [0.25, 0.3) is 0 Å². The van der Waals surface area contributed by atoms with E-state index >= 15 is 0 Å². The number of rotatable bonds is 6. The maximum atomic E-state index is 6.83. The van der Waals surface area contributed by atoms with Crippen LogP contribution in [0.1, 0.15) is 0 Å². The Labute approximate surface area is 341 Å². The molecule has 0 N–H and O–H groups in total. The van der Waals surface area contributed by atoms with Crippen LogP contribution in [0.5, 0.6) is 0 Å². The number of fused-ring (bicyclic) bond motifs is 8. The Bertz CT molecular complexity index is 3540. The number of benzene rings is 10. The van der Waals surface area contributed by atoms with Gasteiger partial charge < -0.3 is 13.9 Å². The van der Waals surface area contributed by atoms with Crippen LogP contribution in [0, 0.1) is 0 Å². The lowest BCUT2D eigenvalue weighted by Crippen LogP contribution is -2.12. The van der Waals surface area contributed by atoms with E-state index in [0.717, 1.165) is 61.4 Å². The van der Waals surface area contributed by atoms with Gasteiger partial charge in [-0.2, -0.15) is 0 Å². The van der Waals surface area contributed by atoms with E-state index in [1.165, 1.54) is 48.9 Å². The fraction of sp³-hybridized carbons (Fsp3) is 0. The predicted molar refractivity (Wildman–Crippen MR) is 249 cm³/mol. The summed E-state index contributed by atoms with van der Waals surface area (Å²) in [4.78, 5) is 2.41. The molecule has 276 valence electrons. The maximum Gasteiger partial charge on any atom is 0.143 e. The van der Waals surface area contributed by atoms with E-state index in [9.17, 15) is 0 Å². The van der Waals surface area contributed by atoms with E-state index in [4.69, 9.17) is 4.42 Å². The SMILES string of the molecule is c1cc(-c2ccc3ccccc3c2)cc(N(c2cccc(-n3c4ccccc4c4ccccc43)c2)c2ccccc2-c2cccc3c2oc2cc4ccccc4cc23)c1. The highest BCUT2D eigenvalue weighted by Gasteiger charge is 2.22. The van der Waals surface area contributed by atoms with Crippen LogP contribution < -0.4 is 4.90 Å². The molecule has 0 aliphatic carbocycles. The lowest BCUT2D eigenvalue weighted by atomic mass is 9.98. The number of aromatic nitrogens is 1. The third kappa shape index (κ3) is 5.44. The highest BCUT2D eigenvalue weighted by Crippen LogP contribution is 2.46. The normalized spacial score (nSPS) is 11.7. The van der Waals surface area contributed by atoms with Gasteiger partial charge in [-0.05, 0) is 99.4 Å². The van der Waals surface area contributed by atoms with Crippen LogP contribution in [0.25, 0.3) is 93.2 Å². The average molecular weight is 753 g/mol. The van der Waals surface area contributed by atoms with Crippen LogP contribution in [0.4, 0.5) is 17.1 Å². The van der Waals surface area contributed by atoms with Crippen molar-refractivity contribution in [3.63, 3.8) is 0 Å². The molecular weight excluding hydrogens is 717 g/mol. The second-order valence-electron chi connectivity index (χ2n) is 15.3. The van der Waals surface area contributed by atoms with Crippen molar-refractivity contribution in [2.45, 2.75) is 0 Å². The van der Waals surface area contributed by atoms with Gasteiger partial charge in [0.2, 0.25) is 0 Å². The van der Waals surface area contributed by atoms with Crippen molar-refractivity contribution in [1.82, 2.24) is 4.57 Å². The Kier molecular flexibility index (Phi) is 7.54. The van der Waals surface area contributed by atoms with Gasteiger partial charge in [0.1, 0.15) is 11.2 Å². The second kappa shape index (κ2) is 13.4. The Balaban J connectivity index is 1.09. The first-order valence-corrected chi connectivity index (χ1v) is 20.2. The molecule has 0 unspecified atom stereocenters. The number of hydrogen-bond acceptors (Lipinski definition) is 2. The lowest BCUT2D eigenvalue weighted by Gasteiger charge is -2.29. The molecule has 0 bridgehead atoms. The van der Waals surface area contributed by atoms with Crippen molar-refractivity contribution in [1.29, 1.82) is 0 Å². The van der Waals surface area contributed by atoms with Crippen molar-refractivity contribution in [2.24, 2.45) is 0 Å². The minimum atomic E-state index is 0.883. The molecule has 3 nitrogen and oxygen atoms in total. The molecular formula is C56H36N2O. The molecule has 0 aliphatic rings. The smallest absolute Gasteiger partial charge is 0.143 e. The molecule has 0 radical (unpaired) electrons. The van der Waals surface area contributed by atoms with E-state index in [1.54, 1.807) is 0 Å². The van der Waals surface area contributed by atoms with Crippen LogP contribution in [-0.4, -0.2) is 4.57 Å². The van der Waals surface area contributed by atoms with Gasteiger partial charge in [-0.15, -0.1) is 0 Å². The molecule has 3 heteroatoms. The third-order valence-electron chi connectivity index (χ3n) is 11.9. The molecule has 0 atom stereocenters. The summed E-state index contributed by atoms with van der Waals surface area (Å²) in [6.45, 7) is 0. The summed E-state index contributed by atoms with van der Waals surface area (Å²) in [6, 6.07) is 78.8. The van der Waals surface area contributed by atoms with Crippen LogP contribution in [0.3, 0.4) is 0 Å². The number of anilines is 3. The summed E-state index contributed by atoms with van der Waals surface area (Å²) in [5.74, 6) is 0. The maximum absolute atomic E-state index is 6.83. The van der Waals surface area contributed by atoms with Gasteiger partial charge in [0, 0.05) is 49.7 Å². The molecule has 12 aromatic rings. The number of hydrogen-bond donors (Lipinski definition) is 0. The predicted octanol–water partition coefficient (Wildman–Crippen LogP) is 15.8. The highest BCUT2D eigenvalue weighted by atomic mass is 16.3. The first-order valence-electron chi connectivity index (χ1n) is 20.2. The van der Waals surface area contributed by atoms with Gasteiger partial charge in [-0.25, -0.2) is 0 Å². The minimum Gasteiger partial charge on any atom is -0.455 e. The van der Waals surface area contributed by atoms with E-state index in [1.807, 2.05) is 0 Å². The molecule has 12 rings (SSSR count). The van der Waals surface area contributed by atoms with Gasteiger partial charge in [0.05, 0.1) is 16.7 Å². The Morgan fingerprint density at radius 2 is 0.932 bits per heavy atom. The van der Waals surface area contributed by atoms with E-state index in [-0.39, 0.29) is 0 Å².